The third-order valence-electron chi connectivity index (χ3n) is 10.2. The molecule has 2 amide bonds. The van der Waals surface area contributed by atoms with Gasteiger partial charge in [0.25, 0.3) is 10.0 Å². The van der Waals surface area contributed by atoms with E-state index in [4.69, 9.17) is 15.2 Å². The Morgan fingerprint density at radius 1 is 0.844 bits per heavy atom. The quantitative estimate of drug-likeness (QED) is 0.0310. The van der Waals surface area contributed by atoms with Gasteiger partial charge in [0, 0.05) is 18.1 Å². The number of nitrogens with two attached hydrogens (primary N) is 1. The van der Waals surface area contributed by atoms with Crippen LogP contribution < -0.4 is 30.5 Å². The van der Waals surface area contributed by atoms with E-state index < -0.39 is 56.1 Å². The highest BCUT2D eigenvalue weighted by atomic mass is 32.2. The van der Waals surface area contributed by atoms with Crippen molar-refractivity contribution in [3.8, 4) is 5.75 Å². The number of thiazole rings is 1. The molecule has 342 valence electrons. The minimum Gasteiger partial charge on any atom is -0.496 e. The molecule has 0 bridgehead atoms. The predicted molar refractivity (Wildman–Crippen MR) is 246 cm³/mol. The predicted octanol–water partition coefficient (Wildman–Crippen LogP) is 4.10. The smallest absolute Gasteiger partial charge is 0.264 e. The molecule has 7 N–H and O–H groups in total. The minimum atomic E-state index is -4.12. The van der Waals surface area contributed by atoms with E-state index in [9.17, 15) is 31.5 Å². The molecule has 0 aliphatic heterocycles. The van der Waals surface area contributed by atoms with Crippen molar-refractivity contribution < 1.29 is 41.0 Å². The Bertz CT molecular complexity index is 2550. The van der Waals surface area contributed by atoms with Crippen molar-refractivity contribution in [3.05, 3.63) is 147 Å². The molecule has 0 radical (unpaired) electrons. The Balaban J connectivity index is 1.33. The number of hydrogen-bond donors (Lipinski definition) is 6. The number of aliphatic hydroxyl groups is 1. The molecule has 0 aliphatic carbocycles. The molecular formula is C45H55N7O9S3. The first-order valence-corrected chi connectivity index (χ1v) is 24.4. The molecule has 16 nitrogen and oxygen atoms in total. The number of methoxy groups -OCH3 is 1. The van der Waals surface area contributed by atoms with Gasteiger partial charge in [-0.1, -0.05) is 91.0 Å². The van der Waals surface area contributed by atoms with E-state index in [0.717, 1.165) is 5.56 Å². The summed E-state index contributed by atoms with van der Waals surface area (Å²) in [5.41, 5.74) is 9.70. The summed E-state index contributed by atoms with van der Waals surface area (Å²) in [5, 5.41) is 19.0. The number of carbonyl (C=O) groups excluding carboxylic acids is 2. The average molecular weight is 934 g/mol. The lowest BCUT2D eigenvalue weighted by atomic mass is 10.0. The van der Waals surface area contributed by atoms with Crippen molar-refractivity contribution in [1.82, 2.24) is 25.1 Å². The van der Waals surface area contributed by atoms with Crippen LogP contribution in [0.4, 0.5) is 0 Å². The second-order valence-corrected chi connectivity index (χ2v) is 19.4. The van der Waals surface area contributed by atoms with Gasteiger partial charge in [0.15, 0.2) is 0 Å². The van der Waals surface area contributed by atoms with Crippen molar-refractivity contribution in [1.29, 1.82) is 0 Å². The largest absolute Gasteiger partial charge is 0.496 e. The molecule has 1 unspecified atom stereocenters. The van der Waals surface area contributed by atoms with Gasteiger partial charge >= 0.3 is 0 Å². The summed E-state index contributed by atoms with van der Waals surface area (Å²) in [6.07, 6.45) is 0.542. The van der Waals surface area contributed by atoms with Crippen LogP contribution in [0, 0.1) is 20.8 Å². The number of sulfonamides is 2. The normalized spacial score (nSPS) is 13.9. The summed E-state index contributed by atoms with van der Waals surface area (Å²) >= 11 is 1.18. The molecule has 0 saturated heterocycles. The highest BCUT2D eigenvalue weighted by molar-refractivity contribution is 7.90. The number of carbonyl (C=O) groups is 2. The third kappa shape index (κ3) is 14.4. The van der Waals surface area contributed by atoms with E-state index in [-0.39, 0.29) is 55.6 Å². The summed E-state index contributed by atoms with van der Waals surface area (Å²) in [4.78, 5) is 36.9. The van der Waals surface area contributed by atoms with Gasteiger partial charge in [-0.15, -0.1) is 11.3 Å². The average Bonchev–Trinajstić information content (AvgIpc) is 3.81. The summed E-state index contributed by atoms with van der Waals surface area (Å²) in [6, 6.07) is 24.6. The molecule has 1 aromatic heterocycles. The monoisotopic (exact) mass is 933 g/mol. The molecule has 5 rings (SSSR count). The topological polar surface area (TPSA) is 240 Å². The zero-order chi connectivity index (χ0) is 46.3. The number of aryl methyl sites for hydroxylation is 1. The maximum absolute atomic E-state index is 14.3. The minimum absolute atomic E-state index is 0.00948. The van der Waals surface area contributed by atoms with Gasteiger partial charge in [-0.05, 0) is 79.5 Å². The molecular weight excluding hydrogens is 879 g/mol. The van der Waals surface area contributed by atoms with Crippen molar-refractivity contribution in [2.24, 2.45) is 10.7 Å². The van der Waals surface area contributed by atoms with E-state index >= 15 is 0 Å². The van der Waals surface area contributed by atoms with Crippen LogP contribution >= 0.6 is 11.3 Å². The Kier molecular flexibility index (Phi) is 18.0. The molecule has 0 spiro atoms. The Morgan fingerprint density at radius 2 is 1.45 bits per heavy atom. The fourth-order valence-electron chi connectivity index (χ4n) is 6.94. The van der Waals surface area contributed by atoms with Gasteiger partial charge in [-0.25, -0.2) is 31.3 Å². The number of benzene rings is 4. The fraction of sp³-hybridized carbons (Fsp3) is 0.333. The zero-order valence-electron chi connectivity index (χ0n) is 36.1. The molecule has 0 fully saturated rings. The Hall–Kier alpha value is -5.70. The maximum Gasteiger partial charge on any atom is 0.264 e. The van der Waals surface area contributed by atoms with Gasteiger partial charge in [-0.3, -0.25) is 14.6 Å². The summed E-state index contributed by atoms with van der Waals surface area (Å²) in [5.74, 6) is -1.67. The first kappa shape index (κ1) is 49.3. The van der Waals surface area contributed by atoms with Crippen LogP contribution in [0.15, 0.2) is 119 Å². The van der Waals surface area contributed by atoms with Crippen LogP contribution in [0.25, 0.3) is 0 Å². The van der Waals surface area contributed by atoms with Crippen molar-refractivity contribution in [2.75, 3.05) is 20.3 Å². The molecule has 4 aromatic carbocycles. The van der Waals surface area contributed by atoms with E-state index in [1.165, 1.54) is 24.6 Å². The number of amides is 2. The maximum atomic E-state index is 14.3. The number of aliphatic hydroxyl groups excluding tert-OH is 1. The fourth-order valence-corrected chi connectivity index (χ4v) is 10.4. The lowest BCUT2D eigenvalue weighted by molar-refractivity contribution is -0.132. The molecule has 4 atom stereocenters. The number of nitrogens with zero attached hydrogens (tertiary/aromatic N) is 2. The molecule has 5 aromatic rings. The molecule has 64 heavy (non-hydrogen) atoms. The number of hydrogen-bond acceptors (Lipinski definition) is 12. The van der Waals surface area contributed by atoms with E-state index in [0.29, 0.717) is 38.6 Å². The lowest BCUT2D eigenvalue weighted by Crippen LogP contribution is -2.57. The van der Waals surface area contributed by atoms with E-state index in [2.05, 4.69) is 30.1 Å². The highest BCUT2D eigenvalue weighted by Crippen LogP contribution is 2.30. The second kappa shape index (κ2) is 23.3. The van der Waals surface area contributed by atoms with Crippen molar-refractivity contribution in [2.45, 2.75) is 81.5 Å². The molecule has 1 heterocycles. The SMILES string of the molecule is COc1cc(C)c(S(=O)(=O)NC(N)=NCCC[C@H](NC(=O)[C@H](COCc2ccccc2)NC(=O)[C@@H](Cc2ccccc2)NS(=O)(=O)Cc2ccccc2)C(O)c2nccs2)c(C)c1C. The number of ether oxygens (including phenoxy) is 2. The number of nitrogens with one attached hydrogen (secondary N) is 4. The van der Waals surface area contributed by atoms with Crippen LogP contribution in [0.5, 0.6) is 5.75 Å². The van der Waals surface area contributed by atoms with Crippen LogP contribution in [0.1, 0.15) is 57.3 Å². The van der Waals surface area contributed by atoms with Gasteiger partial charge in [0.05, 0.1) is 37.0 Å². The highest BCUT2D eigenvalue weighted by Gasteiger charge is 2.32. The standard InChI is InChI=1S/C45H55N7O9S3/c1-30-25-39(60-4)31(2)32(3)41(30)64(58,59)52-45(46)48-22-14-21-36(40(53)44-47-23-24-62-44)49-43(55)38(28-61-27-34-17-10-6-11-18-34)50-42(54)37(26-33-15-8-5-9-16-33)51-63(56,57)29-35-19-12-7-13-20-35/h5-13,15-20,23-25,36-38,40,51,53H,14,21-22,26-29H2,1-4H3,(H,49,55)(H,50,54)(H3,46,48,52)/t36-,37+,38-,40?/m0/s1. The number of rotatable bonds is 23. The first-order chi connectivity index (χ1) is 30.6. The van der Waals surface area contributed by atoms with E-state index in [1.54, 1.807) is 92.9 Å². The molecule has 0 saturated carbocycles. The van der Waals surface area contributed by atoms with Gasteiger partial charge in [0.1, 0.15) is 28.9 Å². The van der Waals surface area contributed by atoms with Gasteiger partial charge in [-0.2, -0.15) is 0 Å². The van der Waals surface area contributed by atoms with Gasteiger partial charge < -0.3 is 30.9 Å². The van der Waals surface area contributed by atoms with Crippen LogP contribution in [-0.2, 0) is 53.2 Å². The van der Waals surface area contributed by atoms with Gasteiger partial charge in [0.2, 0.25) is 27.8 Å². The summed E-state index contributed by atoms with van der Waals surface area (Å²) in [6.45, 7) is 4.89. The van der Waals surface area contributed by atoms with Crippen molar-refractivity contribution in [3.63, 3.8) is 0 Å². The summed E-state index contributed by atoms with van der Waals surface area (Å²) < 4.78 is 70.0. The molecule has 19 heteroatoms. The van der Waals surface area contributed by atoms with Crippen LogP contribution in [0.2, 0.25) is 0 Å². The summed E-state index contributed by atoms with van der Waals surface area (Å²) in [7, 11) is -6.67. The number of guanidine groups is 1. The van der Waals surface area contributed by atoms with Crippen LogP contribution in [-0.4, -0.2) is 83.1 Å². The number of aliphatic imine (C=N–C) groups is 1. The lowest BCUT2D eigenvalue weighted by Gasteiger charge is -2.27. The first-order valence-electron chi connectivity index (χ1n) is 20.4. The third-order valence-corrected chi connectivity index (χ3v) is 14.1. The van der Waals surface area contributed by atoms with Crippen molar-refractivity contribution >= 4 is 49.2 Å². The van der Waals surface area contributed by atoms with E-state index in [1.807, 2.05) is 30.3 Å². The zero-order valence-corrected chi connectivity index (χ0v) is 38.5. The molecule has 0 aliphatic rings. The number of aromatic nitrogens is 1. The Labute approximate surface area is 378 Å². The van der Waals surface area contributed by atoms with Crippen LogP contribution in [0.3, 0.4) is 0 Å². The Morgan fingerprint density at radius 3 is 2.06 bits per heavy atom. The second-order valence-electron chi connectivity index (χ2n) is 15.1.